The van der Waals surface area contributed by atoms with Gasteiger partial charge in [0.2, 0.25) is 0 Å². The molecule has 0 amide bonds. The summed E-state index contributed by atoms with van der Waals surface area (Å²) in [5.41, 5.74) is 0. The van der Waals surface area contributed by atoms with Crippen LogP contribution in [0.3, 0.4) is 0 Å². The van der Waals surface area contributed by atoms with Gasteiger partial charge in [-0.1, -0.05) is 32.0 Å². The van der Waals surface area contributed by atoms with Crippen LogP contribution < -0.4 is 10.1 Å². The fourth-order valence-corrected chi connectivity index (χ4v) is 2.92. The number of hydrogen-bond acceptors (Lipinski definition) is 3. The Morgan fingerprint density at radius 1 is 1.19 bits per heavy atom. The topological polar surface area (TPSA) is 24.5 Å². The first-order valence-electron chi connectivity index (χ1n) is 8.37. The van der Waals surface area contributed by atoms with Gasteiger partial charge in [0, 0.05) is 12.6 Å². The maximum absolute atomic E-state index is 5.71. The SMILES string of the molecule is CC(C)CN1CCC(NCCCOc2ccccc2)CC1. The van der Waals surface area contributed by atoms with Crippen LogP contribution in [-0.2, 0) is 0 Å². The zero-order valence-electron chi connectivity index (χ0n) is 13.6. The van der Waals surface area contributed by atoms with Gasteiger partial charge in [-0.25, -0.2) is 0 Å². The molecule has 3 nitrogen and oxygen atoms in total. The Labute approximate surface area is 129 Å². The van der Waals surface area contributed by atoms with Crippen molar-refractivity contribution in [1.82, 2.24) is 10.2 Å². The summed E-state index contributed by atoms with van der Waals surface area (Å²) in [6, 6.07) is 10.8. The van der Waals surface area contributed by atoms with E-state index in [0.717, 1.165) is 31.2 Å². The zero-order valence-corrected chi connectivity index (χ0v) is 13.6. The highest BCUT2D eigenvalue weighted by Gasteiger charge is 2.18. The van der Waals surface area contributed by atoms with E-state index in [4.69, 9.17) is 4.74 Å². The number of benzene rings is 1. The van der Waals surface area contributed by atoms with Crippen LogP contribution in [-0.4, -0.2) is 43.7 Å². The van der Waals surface area contributed by atoms with Crippen LogP contribution in [0.5, 0.6) is 5.75 Å². The first-order chi connectivity index (χ1) is 10.2. The number of nitrogens with zero attached hydrogens (tertiary/aromatic N) is 1. The lowest BCUT2D eigenvalue weighted by Gasteiger charge is -2.33. The fourth-order valence-electron chi connectivity index (χ4n) is 2.92. The van der Waals surface area contributed by atoms with Crippen molar-refractivity contribution < 1.29 is 4.74 Å². The average Bonchev–Trinajstić information content (AvgIpc) is 2.49. The molecule has 1 aliphatic rings. The third-order valence-corrected chi connectivity index (χ3v) is 3.98. The number of para-hydroxylation sites is 1. The Bertz CT molecular complexity index is 372. The van der Waals surface area contributed by atoms with E-state index in [1.807, 2.05) is 30.3 Å². The van der Waals surface area contributed by atoms with Crippen LogP contribution in [0.1, 0.15) is 33.1 Å². The van der Waals surface area contributed by atoms with Crippen LogP contribution in [0, 0.1) is 5.92 Å². The molecule has 118 valence electrons. The number of piperidine rings is 1. The van der Waals surface area contributed by atoms with Crippen molar-refractivity contribution in [3.63, 3.8) is 0 Å². The summed E-state index contributed by atoms with van der Waals surface area (Å²) in [6.45, 7) is 10.2. The van der Waals surface area contributed by atoms with E-state index in [2.05, 4.69) is 24.1 Å². The average molecular weight is 290 g/mol. The summed E-state index contributed by atoms with van der Waals surface area (Å²) in [6.07, 6.45) is 3.64. The number of likely N-dealkylation sites (tertiary alicyclic amines) is 1. The second-order valence-electron chi connectivity index (χ2n) is 6.44. The molecule has 1 saturated heterocycles. The molecule has 0 unspecified atom stereocenters. The molecular formula is C18H30N2O. The largest absolute Gasteiger partial charge is 0.494 e. The van der Waals surface area contributed by atoms with Gasteiger partial charge >= 0.3 is 0 Å². The summed E-state index contributed by atoms with van der Waals surface area (Å²) in [7, 11) is 0. The first kappa shape index (κ1) is 16.3. The molecule has 1 N–H and O–H groups in total. The van der Waals surface area contributed by atoms with Crippen molar-refractivity contribution in [3.05, 3.63) is 30.3 Å². The number of rotatable bonds is 8. The predicted molar refractivity (Wildman–Crippen MR) is 88.9 cm³/mol. The van der Waals surface area contributed by atoms with Crippen LogP contribution >= 0.6 is 0 Å². The van der Waals surface area contributed by atoms with Crippen molar-refractivity contribution in [1.29, 1.82) is 0 Å². The van der Waals surface area contributed by atoms with Gasteiger partial charge in [0.25, 0.3) is 0 Å². The molecule has 1 aromatic rings. The lowest BCUT2D eigenvalue weighted by Crippen LogP contribution is -2.43. The summed E-state index contributed by atoms with van der Waals surface area (Å²) >= 11 is 0. The maximum atomic E-state index is 5.71. The maximum Gasteiger partial charge on any atom is 0.119 e. The van der Waals surface area contributed by atoms with E-state index in [9.17, 15) is 0 Å². The van der Waals surface area contributed by atoms with E-state index in [1.165, 1.54) is 32.5 Å². The molecular weight excluding hydrogens is 260 g/mol. The van der Waals surface area contributed by atoms with Gasteiger partial charge in [-0.05, 0) is 56.9 Å². The molecule has 0 bridgehead atoms. The molecule has 3 heteroatoms. The summed E-state index contributed by atoms with van der Waals surface area (Å²) in [5, 5.41) is 3.68. The molecule has 1 aliphatic heterocycles. The minimum atomic E-state index is 0.699. The molecule has 0 radical (unpaired) electrons. The first-order valence-corrected chi connectivity index (χ1v) is 8.37. The highest BCUT2D eigenvalue weighted by atomic mass is 16.5. The molecule has 1 heterocycles. The standard InChI is InChI=1S/C18H30N2O/c1-16(2)15-20-12-9-17(10-13-20)19-11-6-14-21-18-7-4-3-5-8-18/h3-5,7-8,16-17,19H,6,9-15H2,1-2H3. The minimum Gasteiger partial charge on any atom is -0.494 e. The molecule has 0 aliphatic carbocycles. The molecule has 0 aromatic heterocycles. The van der Waals surface area contributed by atoms with Crippen LogP contribution in [0.25, 0.3) is 0 Å². The van der Waals surface area contributed by atoms with E-state index < -0.39 is 0 Å². The van der Waals surface area contributed by atoms with Gasteiger partial charge in [-0.3, -0.25) is 0 Å². The van der Waals surface area contributed by atoms with Gasteiger partial charge < -0.3 is 15.0 Å². The van der Waals surface area contributed by atoms with Crippen molar-refractivity contribution in [3.8, 4) is 5.75 Å². The molecule has 1 aromatic carbocycles. The highest BCUT2D eigenvalue weighted by molar-refractivity contribution is 5.20. The normalized spacial score (nSPS) is 17.3. The molecule has 0 spiro atoms. The molecule has 21 heavy (non-hydrogen) atoms. The number of hydrogen-bond donors (Lipinski definition) is 1. The summed E-state index contributed by atoms with van der Waals surface area (Å²) in [5.74, 6) is 1.75. The third kappa shape index (κ3) is 6.49. The van der Waals surface area contributed by atoms with E-state index in [1.54, 1.807) is 0 Å². The Morgan fingerprint density at radius 2 is 1.90 bits per heavy atom. The summed E-state index contributed by atoms with van der Waals surface area (Å²) in [4.78, 5) is 2.60. The summed E-state index contributed by atoms with van der Waals surface area (Å²) < 4.78 is 5.71. The quantitative estimate of drug-likeness (QED) is 0.744. The van der Waals surface area contributed by atoms with E-state index >= 15 is 0 Å². The third-order valence-electron chi connectivity index (χ3n) is 3.98. The van der Waals surface area contributed by atoms with E-state index in [0.29, 0.717) is 6.04 Å². The smallest absolute Gasteiger partial charge is 0.119 e. The second kappa shape index (κ2) is 9.06. The second-order valence-corrected chi connectivity index (χ2v) is 6.44. The van der Waals surface area contributed by atoms with Crippen molar-refractivity contribution in [2.75, 3.05) is 32.8 Å². The minimum absolute atomic E-state index is 0.699. The van der Waals surface area contributed by atoms with Crippen LogP contribution in [0.15, 0.2) is 30.3 Å². The molecule has 1 fully saturated rings. The van der Waals surface area contributed by atoms with Gasteiger partial charge in [0.15, 0.2) is 0 Å². The van der Waals surface area contributed by atoms with Gasteiger partial charge in [-0.15, -0.1) is 0 Å². The molecule has 2 rings (SSSR count). The highest BCUT2D eigenvalue weighted by Crippen LogP contribution is 2.12. The number of ether oxygens (including phenoxy) is 1. The van der Waals surface area contributed by atoms with Crippen molar-refractivity contribution in [2.24, 2.45) is 5.92 Å². The van der Waals surface area contributed by atoms with Gasteiger partial charge in [-0.2, -0.15) is 0 Å². The fraction of sp³-hybridized carbons (Fsp3) is 0.667. The van der Waals surface area contributed by atoms with Gasteiger partial charge in [0.1, 0.15) is 5.75 Å². The lowest BCUT2D eigenvalue weighted by molar-refractivity contribution is 0.179. The van der Waals surface area contributed by atoms with E-state index in [-0.39, 0.29) is 0 Å². The monoisotopic (exact) mass is 290 g/mol. The lowest BCUT2D eigenvalue weighted by atomic mass is 10.0. The van der Waals surface area contributed by atoms with Crippen LogP contribution in [0.4, 0.5) is 0 Å². The Balaban J connectivity index is 1.50. The van der Waals surface area contributed by atoms with Crippen molar-refractivity contribution in [2.45, 2.75) is 39.2 Å². The van der Waals surface area contributed by atoms with Crippen molar-refractivity contribution >= 4 is 0 Å². The Kier molecular flexibility index (Phi) is 7.04. The molecule has 0 saturated carbocycles. The Morgan fingerprint density at radius 3 is 2.57 bits per heavy atom. The van der Waals surface area contributed by atoms with Crippen LogP contribution in [0.2, 0.25) is 0 Å². The predicted octanol–water partition coefficient (Wildman–Crippen LogP) is 3.17. The molecule has 0 atom stereocenters. The van der Waals surface area contributed by atoms with Gasteiger partial charge in [0.05, 0.1) is 6.61 Å². The zero-order chi connectivity index (χ0) is 14.9. The Hall–Kier alpha value is -1.06. The number of nitrogens with one attached hydrogen (secondary N) is 1.